The molecule has 0 aromatic carbocycles. The maximum Gasteiger partial charge on any atom is 0.325 e. The van der Waals surface area contributed by atoms with Crippen LogP contribution in [0.15, 0.2) is 6.20 Å². The molecule has 0 radical (unpaired) electrons. The van der Waals surface area contributed by atoms with Crippen molar-refractivity contribution in [2.24, 2.45) is 0 Å². The molecule has 2 N–H and O–H groups in total. The Labute approximate surface area is 139 Å². The van der Waals surface area contributed by atoms with Crippen molar-refractivity contribution in [3.8, 4) is 0 Å². The maximum atomic E-state index is 12.5. The molecular formula is C15H21N5O4. The first-order valence-corrected chi connectivity index (χ1v) is 7.83. The number of hydrogen-bond acceptors (Lipinski definition) is 5. The Hall–Kier alpha value is -2.42. The summed E-state index contributed by atoms with van der Waals surface area (Å²) in [5.41, 5.74) is -0.0602. The molecule has 1 aromatic heterocycles. The van der Waals surface area contributed by atoms with Gasteiger partial charge in [0, 0.05) is 18.4 Å². The standard InChI is InChI=1S/C15H21N5O4/c1-9-6-16-12(17-9)10-7-19(4-5-24-10)11(21)8-20-13(22)15(2,3)18-14(20)23/h6,10H,4-5,7-8H2,1-3H3,(H,16,17)(H,18,23)/t10-/m1/s1. The van der Waals surface area contributed by atoms with Crippen molar-refractivity contribution in [1.29, 1.82) is 0 Å². The van der Waals surface area contributed by atoms with Gasteiger partial charge < -0.3 is 19.9 Å². The third-order valence-corrected chi connectivity index (χ3v) is 4.18. The number of imide groups is 1. The monoisotopic (exact) mass is 335 g/mol. The van der Waals surface area contributed by atoms with Gasteiger partial charge in [-0.3, -0.25) is 14.5 Å². The Morgan fingerprint density at radius 3 is 2.79 bits per heavy atom. The minimum Gasteiger partial charge on any atom is -0.367 e. The molecule has 0 saturated carbocycles. The molecule has 0 unspecified atom stereocenters. The Kier molecular flexibility index (Phi) is 4.04. The molecule has 0 bridgehead atoms. The van der Waals surface area contributed by atoms with E-state index in [1.54, 1.807) is 24.9 Å². The van der Waals surface area contributed by atoms with Crippen molar-refractivity contribution < 1.29 is 19.1 Å². The maximum absolute atomic E-state index is 12.5. The van der Waals surface area contributed by atoms with Crippen LogP contribution in [0.1, 0.15) is 31.5 Å². The summed E-state index contributed by atoms with van der Waals surface area (Å²) in [6, 6.07) is -0.537. The van der Waals surface area contributed by atoms with E-state index >= 15 is 0 Å². The molecular weight excluding hydrogens is 314 g/mol. The second kappa shape index (κ2) is 5.90. The van der Waals surface area contributed by atoms with Crippen LogP contribution in [0.2, 0.25) is 0 Å². The van der Waals surface area contributed by atoms with Crippen LogP contribution < -0.4 is 5.32 Å². The van der Waals surface area contributed by atoms with Gasteiger partial charge >= 0.3 is 6.03 Å². The third-order valence-electron chi connectivity index (χ3n) is 4.18. The highest BCUT2D eigenvalue weighted by Crippen LogP contribution is 2.21. The lowest BCUT2D eigenvalue weighted by Gasteiger charge is -2.32. The molecule has 2 fully saturated rings. The molecule has 24 heavy (non-hydrogen) atoms. The molecule has 4 amide bonds. The Bertz CT molecular complexity index is 683. The zero-order valence-corrected chi connectivity index (χ0v) is 14.0. The van der Waals surface area contributed by atoms with Gasteiger partial charge in [-0.25, -0.2) is 9.78 Å². The predicted molar refractivity (Wildman–Crippen MR) is 82.9 cm³/mol. The second-order valence-corrected chi connectivity index (χ2v) is 6.60. The third kappa shape index (κ3) is 2.99. The fourth-order valence-electron chi connectivity index (χ4n) is 2.83. The highest BCUT2D eigenvalue weighted by atomic mass is 16.5. The van der Waals surface area contributed by atoms with Crippen LogP contribution in [-0.2, 0) is 14.3 Å². The number of nitrogens with one attached hydrogen (secondary N) is 2. The number of morpholine rings is 1. The van der Waals surface area contributed by atoms with E-state index in [1.807, 2.05) is 6.92 Å². The molecule has 9 heteroatoms. The zero-order chi connectivity index (χ0) is 17.5. The van der Waals surface area contributed by atoms with Gasteiger partial charge in [0.1, 0.15) is 24.0 Å². The highest BCUT2D eigenvalue weighted by molar-refractivity contribution is 6.08. The van der Waals surface area contributed by atoms with Crippen molar-refractivity contribution in [2.75, 3.05) is 26.2 Å². The topological polar surface area (TPSA) is 108 Å². The summed E-state index contributed by atoms with van der Waals surface area (Å²) < 4.78 is 5.66. The lowest BCUT2D eigenvalue weighted by atomic mass is 10.1. The number of aromatic amines is 1. The van der Waals surface area contributed by atoms with Gasteiger partial charge in [0.2, 0.25) is 5.91 Å². The first-order valence-electron chi connectivity index (χ1n) is 7.83. The number of urea groups is 1. The minimum atomic E-state index is -0.976. The molecule has 9 nitrogen and oxygen atoms in total. The number of hydrogen-bond donors (Lipinski definition) is 2. The van der Waals surface area contributed by atoms with Gasteiger partial charge in [-0.05, 0) is 20.8 Å². The fourth-order valence-corrected chi connectivity index (χ4v) is 2.83. The average molecular weight is 335 g/mol. The minimum absolute atomic E-state index is 0.266. The summed E-state index contributed by atoms with van der Waals surface area (Å²) in [4.78, 5) is 46.5. The Balaban J connectivity index is 1.65. The van der Waals surface area contributed by atoms with Crippen LogP contribution in [0.3, 0.4) is 0 Å². The van der Waals surface area contributed by atoms with Crippen molar-refractivity contribution in [2.45, 2.75) is 32.4 Å². The molecule has 0 spiro atoms. The van der Waals surface area contributed by atoms with E-state index in [4.69, 9.17) is 4.74 Å². The largest absolute Gasteiger partial charge is 0.367 e. The summed E-state index contributed by atoms with van der Waals surface area (Å²) in [7, 11) is 0. The Morgan fingerprint density at radius 2 is 2.21 bits per heavy atom. The predicted octanol–water partition coefficient (Wildman–Crippen LogP) is -0.0516. The summed E-state index contributed by atoms with van der Waals surface area (Å²) >= 11 is 0. The van der Waals surface area contributed by atoms with Crippen LogP contribution in [0.25, 0.3) is 0 Å². The van der Waals surface area contributed by atoms with Crippen molar-refractivity contribution in [1.82, 2.24) is 25.1 Å². The lowest BCUT2D eigenvalue weighted by Crippen LogP contribution is -2.48. The first-order chi connectivity index (χ1) is 11.3. The molecule has 2 aliphatic rings. The van der Waals surface area contributed by atoms with Crippen LogP contribution in [-0.4, -0.2) is 69.4 Å². The number of aryl methyl sites for hydroxylation is 1. The van der Waals surface area contributed by atoms with Crippen LogP contribution in [0, 0.1) is 6.92 Å². The number of imidazole rings is 1. The SMILES string of the molecule is Cc1cnc([C@H]2CN(C(=O)CN3C(=O)NC(C)(C)C3=O)CCO2)[nH]1. The normalized spacial score (nSPS) is 23.5. The van der Waals surface area contributed by atoms with Gasteiger partial charge in [-0.1, -0.05) is 0 Å². The van der Waals surface area contributed by atoms with Gasteiger partial charge in [0.25, 0.3) is 5.91 Å². The van der Waals surface area contributed by atoms with Crippen LogP contribution >= 0.6 is 0 Å². The van der Waals surface area contributed by atoms with Gasteiger partial charge in [0.05, 0.1) is 13.2 Å². The molecule has 1 aromatic rings. The first kappa shape index (κ1) is 16.4. The van der Waals surface area contributed by atoms with Crippen LogP contribution in [0.5, 0.6) is 0 Å². The molecule has 1 atom stereocenters. The molecule has 0 aliphatic carbocycles. The number of H-pyrrole nitrogens is 1. The quantitative estimate of drug-likeness (QED) is 0.753. The highest BCUT2D eigenvalue weighted by Gasteiger charge is 2.45. The summed E-state index contributed by atoms with van der Waals surface area (Å²) in [5, 5.41) is 2.57. The number of rotatable bonds is 3. The van der Waals surface area contributed by atoms with Gasteiger partial charge in [0.15, 0.2) is 0 Å². The number of carbonyl (C=O) groups is 3. The van der Waals surface area contributed by atoms with E-state index in [0.717, 1.165) is 10.6 Å². The smallest absolute Gasteiger partial charge is 0.325 e. The number of carbonyl (C=O) groups excluding carboxylic acids is 3. The fraction of sp³-hybridized carbons (Fsp3) is 0.600. The molecule has 3 heterocycles. The molecule has 2 aliphatic heterocycles. The zero-order valence-electron chi connectivity index (χ0n) is 14.0. The van der Waals surface area contributed by atoms with E-state index < -0.39 is 17.5 Å². The van der Waals surface area contributed by atoms with E-state index in [-0.39, 0.29) is 18.6 Å². The van der Waals surface area contributed by atoms with Gasteiger partial charge in [-0.2, -0.15) is 0 Å². The summed E-state index contributed by atoms with van der Waals surface area (Å²) in [6.07, 6.45) is 1.37. The van der Waals surface area contributed by atoms with E-state index in [2.05, 4.69) is 15.3 Å². The average Bonchev–Trinajstić information content (AvgIpc) is 3.04. The summed E-state index contributed by atoms with van der Waals surface area (Å²) in [6.45, 7) is 5.98. The molecule has 2 saturated heterocycles. The van der Waals surface area contributed by atoms with E-state index in [1.165, 1.54) is 0 Å². The van der Waals surface area contributed by atoms with Gasteiger partial charge in [-0.15, -0.1) is 0 Å². The van der Waals surface area contributed by atoms with Crippen molar-refractivity contribution in [3.05, 3.63) is 17.7 Å². The lowest BCUT2D eigenvalue weighted by molar-refractivity contribution is -0.143. The van der Waals surface area contributed by atoms with Crippen molar-refractivity contribution in [3.63, 3.8) is 0 Å². The Morgan fingerprint density at radius 1 is 1.46 bits per heavy atom. The van der Waals surface area contributed by atoms with E-state index in [0.29, 0.717) is 25.5 Å². The second-order valence-electron chi connectivity index (χ2n) is 6.60. The van der Waals surface area contributed by atoms with E-state index in [9.17, 15) is 14.4 Å². The number of amides is 4. The molecule has 130 valence electrons. The summed E-state index contributed by atoms with van der Waals surface area (Å²) in [5.74, 6) is -0.0128. The van der Waals surface area contributed by atoms with Crippen molar-refractivity contribution >= 4 is 17.8 Å². The number of nitrogens with zero attached hydrogens (tertiary/aromatic N) is 3. The number of aromatic nitrogens is 2. The number of ether oxygens (including phenoxy) is 1. The molecule has 3 rings (SSSR count). The van der Waals surface area contributed by atoms with Crippen LogP contribution in [0.4, 0.5) is 4.79 Å².